The lowest BCUT2D eigenvalue weighted by molar-refractivity contribution is 0.116. The molecule has 1 aromatic carbocycles. The quantitative estimate of drug-likeness (QED) is 0.764. The van der Waals surface area contributed by atoms with Crippen LogP contribution in [0.25, 0.3) is 22.2 Å². The number of benzene rings is 1. The number of rotatable bonds is 2. The molecule has 0 aliphatic carbocycles. The minimum absolute atomic E-state index is 0.112. The summed E-state index contributed by atoms with van der Waals surface area (Å²) in [6.45, 7) is 1.56. The predicted molar refractivity (Wildman–Crippen MR) is 90.0 cm³/mol. The number of nitrogens with zero attached hydrogens (tertiary/aromatic N) is 2. The van der Waals surface area contributed by atoms with Crippen molar-refractivity contribution in [2.75, 3.05) is 13.1 Å². The van der Waals surface area contributed by atoms with Gasteiger partial charge in [-0.1, -0.05) is 18.2 Å². The molecular weight excluding hydrogens is 286 g/mol. The summed E-state index contributed by atoms with van der Waals surface area (Å²) in [6.07, 6.45) is 2.39. The zero-order valence-electron chi connectivity index (χ0n) is 12.7. The largest absolute Gasteiger partial charge is 0.391 e. The number of para-hydroxylation sites is 1. The lowest BCUT2D eigenvalue weighted by Crippen LogP contribution is -2.39. The third-order valence-electron chi connectivity index (χ3n) is 4.42. The van der Waals surface area contributed by atoms with E-state index in [2.05, 4.69) is 21.4 Å². The average molecular weight is 304 g/mol. The molecule has 4 rings (SSSR count). The molecule has 0 spiro atoms. The Hall–Kier alpha value is -2.30. The Bertz CT molecular complexity index is 816. The summed E-state index contributed by atoms with van der Waals surface area (Å²) in [6, 6.07) is 17.2. The first kappa shape index (κ1) is 14.3. The SMILES string of the molecule is OC1CNCCC1c1ccc(-c2c[c]c3ccccc3n2)cn1. The van der Waals surface area contributed by atoms with Crippen molar-refractivity contribution >= 4 is 10.9 Å². The molecule has 3 heterocycles. The molecule has 0 amide bonds. The molecule has 4 nitrogen and oxygen atoms in total. The monoisotopic (exact) mass is 304 g/mol. The minimum Gasteiger partial charge on any atom is -0.391 e. The summed E-state index contributed by atoms with van der Waals surface area (Å²) in [4.78, 5) is 9.24. The van der Waals surface area contributed by atoms with Crippen LogP contribution >= 0.6 is 0 Å². The Morgan fingerprint density at radius 3 is 2.91 bits per heavy atom. The van der Waals surface area contributed by atoms with Crippen molar-refractivity contribution in [1.29, 1.82) is 0 Å². The highest BCUT2D eigenvalue weighted by Gasteiger charge is 2.25. The van der Waals surface area contributed by atoms with Crippen molar-refractivity contribution in [3.8, 4) is 11.3 Å². The molecular formula is C19H18N3O. The van der Waals surface area contributed by atoms with Crippen LogP contribution in [0.5, 0.6) is 0 Å². The van der Waals surface area contributed by atoms with Crippen LogP contribution in [0.2, 0.25) is 0 Å². The van der Waals surface area contributed by atoms with E-state index in [0.717, 1.165) is 40.8 Å². The molecule has 2 aromatic heterocycles. The second-order valence-electron chi connectivity index (χ2n) is 5.94. The number of hydrogen-bond donors (Lipinski definition) is 2. The van der Waals surface area contributed by atoms with Crippen LogP contribution in [0.4, 0.5) is 0 Å². The third kappa shape index (κ3) is 2.83. The van der Waals surface area contributed by atoms with Gasteiger partial charge >= 0.3 is 0 Å². The number of nitrogens with one attached hydrogen (secondary N) is 1. The number of β-amino-alcohol motifs (C(OH)–C–C–N with tert-alkyl or cyclic N) is 1. The summed E-state index contributed by atoms with van der Waals surface area (Å²) in [5.74, 6) is 0.112. The van der Waals surface area contributed by atoms with Crippen molar-refractivity contribution in [3.63, 3.8) is 0 Å². The number of piperidine rings is 1. The van der Waals surface area contributed by atoms with Gasteiger partial charge in [0.15, 0.2) is 0 Å². The van der Waals surface area contributed by atoms with E-state index in [1.807, 2.05) is 48.7 Å². The number of aromatic nitrogens is 2. The highest BCUT2D eigenvalue weighted by Crippen LogP contribution is 2.26. The van der Waals surface area contributed by atoms with Crippen LogP contribution in [-0.4, -0.2) is 34.3 Å². The molecule has 2 N–H and O–H groups in total. The Labute approximate surface area is 135 Å². The van der Waals surface area contributed by atoms with Gasteiger partial charge in [0, 0.05) is 35.3 Å². The minimum atomic E-state index is -0.366. The van der Waals surface area contributed by atoms with Gasteiger partial charge in [-0.05, 0) is 43.3 Å². The molecule has 23 heavy (non-hydrogen) atoms. The highest BCUT2D eigenvalue weighted by molar-refractivity contribution is 5.80. The van der Waals surface area contributed by atoms with Crippen LogP contribution < -0.4 is 5.32 Å². The Morgan fingerprint density at radius 1 is 1.17 bits per heavy atom. The summed E-state index contributed by atoms with van der Waals surface area (Å²) in [7, 11) is 0. The number of pyridine rings is 2. The molecule has 3 aromatic rings. The molecule has 115 valence electrons. The standard InChI is InChI=1S/C19H18N3O/c23-19-12-20-10-9-15(19)18-8-6-14(11-21-18)17-7-5-13-3-1-2-4-16(13)22-17/h1-4,6-8,11,15,19-20,23H,9-10,12H2. The molecule has 2 unspecified atom stereocenters. The van der Waals surface area contributed by atoms with Gasteiger partial charge in [0.05, 0.1) is 17.3 Å². The smallest absolute Gasteiger partial charge is 0.0748 e. The lowest BCUT2D eigenvalue weighted by atomic mass is 9.91. The van der Waals surface area contributed by atoms with Crippen LogP contribution in [-0.2, 0) is 0 Å². The van der Waals surface area contributed by atoms with E-state index in [-0.39, 0.29) is 12.0 Å². The van der Waals surface area contributed by atoms with Crippen molar-refractivity contribution in [3.05, 3.63) is 60.4 Å². The van der Waals surface area contributed by atoms with Crippen LogP contribution in [0.15, 0.2) is 48.7 Å². The summed E-state index contributed by atoms with van der Waals surface area (Å²) >= 11 is 0. The van der Waals surface area contributed by atoms with Gasteiger partial charge in [0.1, 0.15) is 0 Å². The summed E-state index contributed by atoms with van der Waals surface area (Å²) in [5.41, 5.74) is 3.73. The number of fused-ring (bicyclic) bond motifs is 1. The molecule has 2 atom stereocenters. The molecule has 0 saturated carbocycles. The van der Waals surface area contributed by atoms with Gasteiger partial charge in [0.2, 0.25) is 0 Å². The van der Waals surface area contributed by atoms with Gasteiger partial charge in [-0.2, -0.15) is 0 Å². The van der Waals surface area contributed by atoms with Gasteiger partial charge < -0.3 is 10.4 Å². The zero-order valence-corrected chi connectivity index (χ0v) is 12.7. The van der Waals surface area contributed by atoms with Gasteiger partial charge in [-0.25, -0.2) is 4.98 Å². The average Bonchev–Trinajstić information content (AvgIpc) is 2.62. The van der Waals surface area contributed by atoms with Crippen LogP contribution in [0, 0.1) is 6.07 Å². The molecule has 1 fully saturated rings. The van der Waals surface area contributed by atoms with Crippen LogP contribution in [0.1, 0.15) is 18.0 Å². The second-order valence-corrected chi connectivity index (χ2v) is 5.94. The van der Waals surface area contributed by atoms with Crippen LogP contribution in [0.3, 0.4) is 0 Å². The normalized spacial score (nSPS) is 21.4. The molecule has 1 aliphatic rings. The van der Waals surface area contributed by atoms with Crippen molar-refractivity contribution in [2.24, 2.45) is 0 Å². The zero-order chi connectivity index (χ0) is 15.6. The first-order valence-corrected chi connectivity index (χ1v) is 7.94. The van der Waals surface area contributed by atoms with Gasteiger partial charge in [-0.15, -0.1) is 0 Å². The number of aliphatic hydroxyl groups excluding tert-OH is 1. The predicted octanol–water partition coefficient (Wildman–Crippen LogP) is 2.53. The molecule has 1 saturated heterocycles. The van der Waals surface area contributed by atoms with E-state index in [4.69, 9.17) is 0 Å². The second kappa shape index (κ2) is 6.07. The third-order valence-corrected chi connectivity index (χ3v) is 4.42. The Balaban J connectivity index is 1.64. The highest BCUT2D eigenvalue weighted by atomic mass is 16.3. The summed E-state index contributed by atoms with van der Waals surface area (Å²) in [5, 5.41) is 14.3. The molecule has 4 heteroatoms. The fraction of sp³-hybridized carbons (Fsp3) is 0.263. The fourth-order valence-electron chi connectivity index (χ4n) is 3.11. The maximum absolute atomic E-state index is 10.1. The van der Waals surface area contributed by atoms with E-state index >= 15 is 0 Å². The fourth-order valence-corrected chi connectivity index (χ4v) is 3.11. The van der Waals surface area contributed by atoms with Crippen molar-refractivity contribution in [1.82, 2.24) is 15.3 Å². The lowest BCUT2D eigenvalue weighted by Gasteiger charge is -2.27. The van der Waals surface area contributed by atoms with E-state index in [0.29, 0.717) is 6.54 Å². The van der Waals surface area contributed by atoms with Gasteiger partial charge in [0.25, 0.3) is 0 Å². The first-order valence-electron chi connectivity index (χ1n) is 7.94. The van der Waals surface area contributed by atoms with Crippen molar-refractivity contribution < 1.29 is 5.11 Å². The Morgan fingerprint density at radius 2 is 2.09 bits per heavy atom. The number of hydrogen-bond acceptors (Lipinski definition) is 4. The van der Waals surface area contributed by atoms with E-state index in [1.165, 1.54) is 0 Å². The molecule has 1 aliphatic heterocycles. The van der Waals surface area contributed by atoms with E-state index < -0.39 is 0 Å². The van der Waals surface area contributed by atoms with E-state index in [1.54, 1.807) is 0 Å². The maximum atomic E-state index is 10.1. The summed E-state index contributed by atoms with van der Waals surface area (Å²) < 4.78 is 0. The van der Waals surface area contributed by atoms with Crippen molar-refractivity contribution in [2.45, 2.75) is 18.4 Å². The first-order chi connectivity index (χ1) is 11.3. The topological polar surface area (TPSA) is 58.0 Å². The Kier molecular flexibility index (Phi) is 3.77. The van der Waals surface area contributed by atoms with E-state index in [9.17, 15) is 5.11 Å². The maximum Gasteiger partial charge on any atom is 0.0748 e. The van der Waals surface area contributed by atoms with Gasteiger partial charge in [-0.3, -0.25) is 4.98 Å². The molecule has 0 bridgehead atoms. The number of aliphatic hydroxyl groups is 1. The molecule has 1 radical (unpaired) electrons.